The predicted octanol–water partition coefficient (Wildman–Crippen LogP) is 3.73. The lowest BCUT2D eigenvalue weighted by Gasteiger charge is -2.33. The Morgan fingerprint density at radius 1 is 1.21 bits per heavy atom. The van der Waals surface area contributed by atoms with Gasteiger partial charge in [-0.2, -0.15) is 5.26 Å². The number of para-hydroxylation sites is 1. The van der Waals surface area contributed by atoms with Gasteiger partial charge in [-0.25, -0.2) is 4.98 Å². The van der Waals surface area contributed by atoms with Gasteiger partial charge in [0, 0.05) is 13.1 Å². The van der Waals surface area contributed by atoms with Crippen molar-refractivity contribution < 1.29 is 4.74 Å². The highest BCUT2D eigenvalue weighted by atomic mass is 16.5. The van der Waals surface area contributed by atoms with Gasteiger partial charge in [0.05, 0.1) is 7.11 Å². The minimum atomic E-state index is 0.531. The SMILES string of the molecule is COc1ccccc1CC1CCN(c2ccc(C)c(C#N)n2)CC1. The molecule has 24 heavy (non-hydrogen) atoms. The molecule has 1 aromatic carbocycles. The third-order valence-corrected chi connectivity index (χ3v) is 4.83. The van der Waals surface area contributed by atoms with Gasteiger partial charge in [0.15, 0.2) is 0 Å². The Morgan fingerprint density at radius 2 is 1.96 bits per heavy atom. The molecule has 0 radical (unpaired) electrons. The second-order valence-corrected chi connectivity index (χ2v) is 6.39. The maximum absolute atomic E-state index is 9.15. The smallest absolute Gasteiger partial charge is 0.145 e. The normalized spacial score (nSPS) is 15.1. The lowest BCUT2D eigenvalue weighted by atomic mass is 9.90. The molecule has 2 heterocycles. The van der Waals surface area contributed by atoms with Crippen LogP contribution < -0.4 is 9.64 Å². The number of aryl methyl sites for hydroxylation is 1. The number of nitrogens with zero attached hydrogens (tertiary/aromatic N) is 3. The highest BCUT2D eigenvalue weighted by Gasteiger charge is 2.21. The number of hydrogen-bond donors (Lipinski definition) is 0. The van der Waals surface area contributed by atoms with E-state index in [0.717, 1.165) is 49.5 Å². The molecule has 0 bridgehead atoms. The van der Waals surface area contributed by atoms with Crippen LogP contribution in [0.3, 0.4) is 0 Å². The van der Waals surface area contributed by atoms with Crippen LogP contribution in [0.5, 0.6) is 5.75 Å². The van der Waals surface area contributed by atoms with E-state index in [1.165, 1.54) is 5.56 Å². The summed E-state index contributed by atoms with van der Waals surface area (Å²) >= 11 is 0. The van der Waals surface area contributed by atoms with E-state index in [9.17, 15) is 0 Å². The van der Waals surface area contributed by atoms with Crippen LogP contribution >= 0.6 is 0 Å². The average Bonchev–Trinajstić information content (AvgIpc) is 2.63. The molecule has 1 aliphatic heterocycles. The summed E-state index contributed by atoms with van der Waals surface area (Å²) in [6.07, 6.45) is 3.33. The van der Waals surface area contributed by atoms with Gasteiger partial charge >= 0.3 is 0 Å². The molecule has 4 heteroatoms. The molecular weight excluding hydrogens is 298 g/mol. The van der Waals surface area contributed by atoms with Gasteiger partial charge in [-0.1, -0.05) is 24.3 Å². The number of ether oxygens (including phenoxy) is 1. The molecule has 0 amide bonds. The Balaban J connectivity index is 1.63. The van der Waals surface area contributed by atoms with Crippen LogP contribution in [0.4, 0.5) is 5.82 Å². The third-order valence-electron chi connectivity index (χ3n) is 4.83. The summed E-state index contributed by atoms with van der Waals surface area (Å²) in [6.45, 7) is 3.90. The molecule has 3 rings (SSSR count). The van der Waals surface area contributed by atoms with Crippen LogP contribution in [0.25, 0.3) is 0 Å². The molecule has 0 saturated carbocycles. The van der Waals surface area contributed by atoms with Crippen LogP contribution in [0.15, 0.2) is 36.4 Å². The molecule has 4 nitrogen and oxygen atoms in total. The van der Waals surface area contributed by atoms with Gasteiger partial charge in [0.1, 0.15) is 23.3 Å². The first-order valence-corrected chi connectivity index (χ1v) is 8.46. The maximum Gasteiger partial charge on any atom is 0.145 e. The topological polar surface area (TPSA) is 49.1 Å². The summed E-state index contributed by atoms with van der Waals surface area (Å²) in [4.78, 5) is 6.79. The highest BCUT2D eigenvalue weighted by molar-refractivity contribution is 5.45. The first kappa shape index (κ1) is 16.3. The molecule has 0 unspecified atom stereocenters. The number of anilines is 1. The summed E-state index contributed by atoms with van der Waals surface area (Å²) in [7, 11) is 1.73. The minimum absolute atomic E-state index is 0.531. The summed E-state index contributed by atoms with van der Waals surface area (Å²) in [5.41, 5.74) is 2.76. The fourth-order valence-corrected chi connectivity index (χ4v) is 3.36. The van der Waals surface area contributed by atoms with Gasteiger partial charge in [-0.3, -0.25) is 0 Å². The van der Waals surface area contributed by atoms with Crippen molar-refractivity contribution in [2.45, 2.75) is 26.2 Å². The first-order chi connectivity index (χ1) is 11.7. The number of aromatic nitrogens is 1. The Hall–Kier alpha value is -2.54. The van der Waals surface area contributed by atoms with Crippen molar-refractivity contribution in [3.8, 4) is 11.8 Å². The Labute approximate surface area is 143 Å². The Morgan fingerprint density at radius 3 is 2.67 bits per heavy atom. The van der Waals surface area contributed by atoms with E-state index >= 15 is 0 Å². The van der Waals surface area contributed by atoms with Crippen LogP contribution in [-0.2, 0) is 6.42 Å². The van der Waals surface area contributed by atoms with Gasteiger partial charge in [-0.05, 0) is 55.4 Å². The number of benzene rings is 1. The predicted molar refractivity (Wildman–Crippen MR) is 95.3 cm³/mol. The number of methoxy groups -OCH3 is 1. The largest absolute Gasteiger partial charge is 0.496 e. The molecule has 0 atom stereocenters. The van der Waals surface area contributed by atoms with Crippen LogP contribution in [0.1, 0.15) is 29.7 Å². The van der Waals surface area contributed by atoms with Gasteiger partial charge in [0.25, 0.3) is 0 Å². The van der Waals surface area contributed by atoms with Crippen LogP contribution in [0.2, 0.25) is 0 Å². The first-order valence-electron chi connectivity index (χ1n) is 8.46. The summed E-state index contributed by atoms with van der Waals surface area (Å²) in [5.74, 6) is 2.57. The number of pyridine rings is 1. The van der Waals surface area contributed by atoms with Crippen LogP contribution in [-0.4, -0.2) is 25.2 Å². The second kappa shape index (κ2) is 7.35. The quantitative estimate of drug-likeness (QED) is 0.861. The van der Waals surface area contributed by atoms with Crippen molar-refractivity contribution in [2.24, 2.45) is 5.92 Å². The van der Waals surface area contributed by atoms with E-state index in [4.69, 9.17) is 10.00 Å². The van der Waals surface area contributed by atoms with Crippen molar-refractivity contribution >= 4 is 5.82 Å². The molecule has 0 aliphatic carbocycles. The molecule has 1 saturated heterocycles. The molecule has 2 aromatic rings. The monoisotopic (exact) mass is 321 g/mol. The second-order valence-electron chi connectivity index (χ2n) is 6.39. The van der Waals surface area contributed by atoms with Crippen molar-refractivity contribution in [2.75, 3.05) is 25.1 Å². The zero-order valence-electron chi connectivity index (χ0n) is 14.3. The number of piperidine rings is 1. The zero-order chi connectivity index (χ0) is 16.9. The van der Waals surface area contributed by atoms with Crippen molar-refractivity contribution in [1.29, 1.82) is 5.26 Å². The van der Waals surface area contributed by atoms with E-state index in [0.29, 0.717) is 11.6 Å². The lowest BCUT2D eigenvalue weighted by molar-refractivity contribution is 0.380. The van der Waals surface area contributed by atoms with Gasteiger partial charge in [0.2, 0.25) is 0 Å². The van der Waals surface area contributed by atoms with Crippen molar-refractivity contribution in [3.63, 3.8) is 0 Å². The lowest BCUT2D eigenvalue weighted by Crippen LogP contribution is -2.35. The fourth-order valence-electron chi connectivity index (χ4n) is 3.36. The molecular formula is C20H23N3O. The Kier molecular flexibility index (Phi) is 5.00. The van der Waals surface area contributed by atoms with Crippen LogP contribution in [0, 0.1) is 24.2 Å². The molecule has 0 spiro atoms. The van der Waals surface area contributed by atoms with E-state index in [1.807, 2.05) is 31.2 Å². The molecule has 1 aromatic heterocycles. The molecule has 1 fully saturated rings. The molecule has 124 valence electrons. The van der Waals surface area contributed by atoms with E-state index in [2.05, 4.69) is 28.1 Å². The average molecular weight is 321 g/mol. The summed E-state index contributed by atoms with van der Waals surface area (Å²) in [5, 5.41) is 9.15. The van der Waals surface area contributed by atoms with Gasteiger partial charge in [-0.15, -0.1) is 0 Å². The number of rotatable bonds is 4. The number of hydrogen-bond acceptors (Lipinski definition) is 4. The highest BCUT2D eigenvalue weighted by Crippen LogP contribution is 2.28. The standard InChI is InChI=1S/C20H23N3O/c1-15-7-8-20(22-18(15)14-21)23-11-9-16(10-12-23)13-17-5-3-4-6-19(17)24-2/h3-8,16H,9-13H2,1-2H3. The summed E-state index contributed by atoms with van der Waals surface area (Å²) < 4.78 is 5.46. The third kappa shape index (κ3) is 3.51. The summed E-state index contributed by atoms with van der Waals surface area (Å²) in [6, 6.07) is 14.5. The Bertz CT molecular complexity index is 743. The molecule has 1 aliphatic rings. The zero-order valence-corrected chi connectivity index (χ0v) is 14.3. The van der Waals surface area contributed by atoms with Crippen molar-refractivity contribution in [3.05, 3.63) is 53.2 Å². The van der Waals surface area contributed by atoms with E-state index in [1.54, 1.807) is 7.11 Å². The fraction of sp³-hybridized carbons (Fsp3) is 0.400. The minimum Gasteiger partial charge on any atom is -0.496 e. The van der Waals surface area contributed by atoms with Gasteiger partial charge < -0.3 is 9.64 Å². The maximum atomic E-state index is 9.15. The molecule has 0 N–H and O–H groups in total. The number of nitriles is 1. The van der Waals surface area contributed by atoms with Crippen molar-refractivity contribution in [1.82, 2.24) is 4.98 Å². The van der Waals surface area contributed by atoms with E-state index in [-0.39, 0.29) is 0 Å². The van der Waals surface area contributed by atoms with E-state index < -0.39 is 0 Å².